The van der Waals surface area contributed by atoms with Gasteiger partial charge in [0.25, 0.3) is 0 Å². The van der Waals surface area contributed by atoms with Crippen LogP contribution in [0.2, 0.25) is 0 Å². The van der Waals surface area contributed by atoms with Gasteiger partial charge in [-0.05, 0) is 5.56 Å². The first-order valence-corrected chi connectivity index (χ1v) is 5.03. The number of rotatable bonds is 4. The van der Waals surface area contributed by atoms with Crippen LogP contribution in [-0.4, -0.2) is 31.3 Å². The van der Waals surface area contributed by atoms with Gasteiger partial charge in [0.15, 0.2) is 0 Å². The molecule has 88 valence electrons. The minimum absolute atomic E-state index is 0.126. The lowest BCUT2D eigenvalue weighted by Crippen LogP contribution is -2.33. The minimum Gasteiger partial charge on any atom is -0.411 e. The minimum atomic E-state index is -1.41. The quantitative estimate of drug-likeness (QED) is 0.460. The van der Waals surface area contributed by atoms with Gasteiger partial charge in [0.2, 0.25) is 0 Å². The van der Waals surface area contributed by atoms with E-state index in [2.05, 4.69) is 15.2 Å². The first-order chi connectivity index (χ1) is 8.24. The van der Waals surface area contributed by atoms with Gasteiger partial charge in [-0.25, -0.2) is 9.67 Å². The summed E-state index contributed by atoms with van der Waals surface area (Å²) >= 11 is 0. The van der Waals surface area contributed by atoms with Crippen LogP contribution >= 0.6 is 0 Å². The summed E-state index contributed by atoms with van der Waals surface area (Å²) in [4.78, 5) is 3.79. The van der Waals surface area contributed by atoms with Gasteiger partial charge in [0.1, 0.15) is 18.3 Å². The van der Waals surface area contributed by atoms with Crippen LogP contribution in [0.4, 0.5) is 0 Å². The molecule has 0 aliphatic rings. The predicted molar refractivity (Wildman–Crippen MR) is 60.6 cm³/mol. The lowest BCUT2D eigenvalue weighted by Gasteiger charge is -2.23. The van der Waals surface area contributed by atoms with Gasteiger partial charge in [-0.2, -0.15) is 5.10 Å². The summed E-state index contributed by atoms with van der Waals surface area (Å²) in [7, 11) is 0. The van der Waals surface area contributed by atoms with Crippen LogP contribution < -0.4 is 0 Å². The average Bonchev–Trinajstić information content (AvgIpc) is 2.83. The highest BCUT2D eigenvalue weighted by molar-refractivity contribution is 5.70. The molecule has 0 aliphatic heterocycles. The molecule has 6 heteroatoms. The monoisotopic (exact) mass is 232 g/mol. The maximum atomic E-state index is 10.5. The van der Waals surface area contributed by atoms with E-state index in [0.29, 0.717) is 5.56 Å². The van der Waals surface area contributed by atoms with Gasteiger partial charge < -0.3 is 10.3 Å². The SMILES string of the molecule is ON=CC(O)(Cn1cncn1)c1ccccc1. The highest BCUT2D eigenvalue weighted by atomic mass is 16.4. The van der Waals surface area contributed by atoms with E-state index >= 15 is 0 Å². The number of hydrogen-bond donors (Lipinski definition) is 2. The molecule has 1 heterocycles. The molecular weight excluding hydrogens is 220 g/mol. The summed E-state index contributed by atoms with van der Waals surface area (Å²) in [5.41, 5.74) is -0.794. The number of benzene rings is 1. The van der Waals surface area contributed by atoms with Crippen molar-refractivity contribution in [2.75, 3.05) is 0 Å². The van der Waals surface area contributed by atoms with E-state index < -0.39 is 5.60 Å². The summed E-state index contributed by atoms with van der Waals surface area (Å²) in [6.45, 7) is 0.126. The molecule has 6 nitrogen and oxygen atoms in total. The van der Waals surface area contributed by atoms with E-state index in [-0.39, 0.29) is 6.54 Å². The summed E-state index contributed by atoms with van der Waals surface area (Å²) in [6, 6.07) is 8.94. The molecule has 0 aliphatic carbocycles. The second-order valence-electron chi connectivity index (χ2n) is 3.63. The molecule has 2 N–H and O–H groups in total. The second-order valence-corrected chi connectivity index (χ2v) is 3.63. The van der Waals surface area contributed by atoms with Gasteiger partial charge >= 0.3 is 0 Å². The van der Waals surface area contributed by atoms with Crippen molar-refractivity contribution in [1.82, 2.24) is 14.8 Å². The van der Waals surface area contributed by atoms with Crippen molar-refractivity contribution in [2.45, 2.75) is 12.1 Å². The predicted octanol–water partition coefficient (Wildman–Crippen LogP) is 0.626. The molecule has 1 unspecified atom stereocenters. The second kappa shape index (κ2) is 4.75. The standard InChI is InChI=1S/C11H12N4O2/c16-11(6-14-17,7-15-9-12-8-13-15)10-4-2-1-3-5-10/h1-6,8-9,16-17H,7H2. The van der Waals surface area contributed by atoms with E-state index in [4.69, 9.17) is 5.21 Å². The van der Waals surface area contributed by atoms with Crippen molar-refractivity contribution in [3.05, 3.63) is 48.5 Å². The molecule has 0 radical (unpaired) electrons. The Morgan fingerprint density at radius 3 is 2.71 bits per heavy atom. The topological polar surface area (TPSA) is 83.5 Å². The highest BCUT2D eigenvalue weighted by Gasteiger charge is 2.28. The van der Waals surface area contributed by atoms with Crippen molar-refractivity contribution >= 4 is 6.21 Å². The van der Waals surface area contributed by atoms with Gasteiger partial charge in [0, 0.05) is 0 Å². The first-order valence-electron chi connectivity index (χ1n) is 5.03. The van der Waals surface area contributed by atoms with Gasteiger partial charge in [0.05, 0.1) is 12.8 Å². The normalized spacial score (nSPS) is 14.9. The van der Waals surface area contributed by atoms with Crippen molar-refractivity contribution in [3.8, 4) is 0 Å². The van der Waals surface area contributed by atoms with Gasteiger partial charge in [-0.15, -0.1) is 0 Å². The molecule has 0 saturated carbocycles. The summed E-state index contributed by atoms with van der Waals surface area (Å²) < 4.78 is 1.47. The van der Waals surface area contributed by atoms with E-state index in [1.807, 2.05) is 6.07 Å². The van der Waals surface area contributed by atoms with Crippen LogP contribution in [0.15, 0.2) is 48.1 Å². The Hall–Kier alpha value is -2.21. The molecule has 1 aromatic carbocycles. The Morgan fingerprint density at radius 2 is 2.12 bits per heavy atom. The Balaban J connectivity index is 2.33. The summed E-state index contributed by atoms with van der Waals surface area (Å²) in [5, 5.41) is 26.0. The first kappa shape index (κ1) is 11.3. The third kappa shape index (κ3) is 2.48. The zero-order valence-electron chi connectivity index (χ0n) is 9.01. The zero-order chi connectivity index (χ0) is 12.1. The number of aliphatic hydroxyl groups is 1. The Labute approximate surface area is 97.8 Å². The van der Waals surface area contributed by atoms with Crippen molar-refractivity contribution in [2.24, 2.45) is 5.16 Å². The van der Waals surface area contributed by atoms with Crippen LogP contribution in [0.1, 0.15) is 5.56 Å². The highest BCUT2D eigenvalue weighted by Crippen LogP contribution is 2.20. The maximum Gasteiger partial charge on any atom is 0.147 e. The molecule has 0 bridgehead atoms. The molecule has 0 spiro atoms. The smallest absolute Gasteiger partial charge is 0.147 e. The zero-order valence-corrected chi connectivity index (χ0v) is 9.01. The van der Waals surface area contributed by atoms with Crippen molar-refractivity contribution < 1.29 is 10.3 Å². The molecule has 0 saturated heterocycles. The van der Waals surface area contributed by atoms with E-state index in [0.717, 1.165) is 6.21 Å². The molecule has 2 aromatic rings. The average molecular weight is 232 g/mol. The molecule has 17 heavy (non-hydrogen) atoms. The lowest BCUT2D eigenvalue weighted by atomic mass is 9.95. The Morgan fingerprint density at radius 1 is 1.35 bits per heavy atom. The molecule has 2 rings (SSSR count). The fraction of sp³-hybridized carbons (Fsp3) is 0.182. The van der Waals surface area contributed by atoms with Crippen LogP contribution in [-0.2, 0) is 12.1 Å². The lowest BCUT2D eigenvalue weighted by molar-refractivity contribution is 0.0883. The molecule has 0 amide bonds. The third-order valence-electron chi connectivity index (χ3n) is 2.41. The van der Waals surface area contributed by atoms with E-state index in [1.165, 1.54) is 17.3 Å². The molecular formula is C11H12N4O2. The fourth-order valence-corrected chi connectivity index (χ4v) is 1.59. The van der Waals surface area contributed by atoms with Gasteiger partial charge in [-0.3, -0.25) is 0 Å². The number of hydrogen-bond acceptors (Lipinski definition) is 5. The Bertz CT molecular complexity index is 483. The molecule has 0 fully saturated rings. The van der Waals surface area contributed by atoms with Crippen molar-refractivity contribution in [1.29, 1.82) is 0 Å². The van der Waals surface area contributed by atoms with E-state index in [1.54, 1.807) is 24.3 Å². The van der Waals surface area contributed by atoms with Crippen LogP contribution in [0.3, 0.4) is 0 Å². The number of oxime groups is 1. The van der Waals surface area contributed by atoms with Gasteiger partial charge in [-0.1, -0.05) is 35.5 Å². The van der Waals surface area contributed by atoms with E-state index in [9.17, 15) is 5.11 Å². The summed E-state index contributed by atoms with van der Waals surface area (Å²) in [5.74, 6) is 0. The molecule has 1 atom stereocenters. The number of aromatic nitrogens is 3. The van der Waals surface area contributed by atoms with Crippen molar-refractivity contribution in [3.63, 3.8) is 0 Å². The summed E-state index contributed by atoms with van der Waals surface area (Å²) in [6.07, 6.45) is 3.94. The Kier molecular flexibility index (Phi) is 3.15. The van der Waals surface area contributed by atoms with Crippen LogP contribution in [0.25, 0.3) is 0 Å². The largest absolute Gasteiger partial charge is 0.411 e. The maximum absolute atomic E-state index is 10.5. The fourth-order valence-electron chi connectivity index (χ4n) is 1.59. The van der Waals surface area contributed by atoms with Crippen LogP contribution in [0, 0.1) is 0 Å². The molecule has 1 aromatic heterocycles. The van der Waals surface area contributed by atoms with Crippen LogP contribution in [0.5, 0.6) is 0 Å². The third-order valence-corrected chi connectivity index (χ3v) is 2.41. The number of nitrogens with zero attached hydrogens (tertiary/aromatic N) is 4.